The Balaban J connectivity index is 2.06. The Hall–Kier alpha value is -1.49. The molecule has 2 nitrogen and oxygen atoms in total. The molecule has 2 atom stereocenters. The Morgan fingerprint density at radius 1 is 1.35 bits per heavy atom. The van der Waals surface area contributed by atoms with Crippen molar-refractivity contribution in [2.45, 2.75) is 32.1 Å². The van der Waals surface area contributed by atoms with Crippen molar-refractivity contribution in [1.82, 2.24) is 0 Å². The van der Waals surface area contributed by atoms with E-state index in [0.29, 0.717) is 5.92 Å². The van der Waals surface area contributed by atoms with Gasteiger partial charge < -0.3 is 4.74 Å². The Morgan fingerprint density at radius 2 is 2.18 bits per heavy atom. The molecule has 0 saturated heterocycles. The van der Waals surface area contributed by atoms with Crippen molar-refractivity contribution in [3.63, 3.8) is 0 Å². The van der Waals surface area contributed by atoms with Gasteiger partial charge in [0.1, 0.15) is 5.75 Å². The molecule has 0 amide bonds. The van der Waals surface area contributed by atoms with Crippen LogP contribution in [0.15, 0.2) is 24.3 Å². The molecular formula is C15H19NO. The molecule has 90 valence electrons. The van der Waals surface area contributed by atoms with Crippen LogP contribution in [0.3, 0.4) is 0 Å². The number of benzene rings is 1. The minimum Gasteiger partial charge on any atom is -0.497 e. The number of nitriles is 1. The second-order valence-corrected chi connectivity index (χ2v) is 4.84. The fraction of sp³-hybridized carbons (Fsp3) is 0.533. The quantitative estimate of drug-likeness (QED) is 0.793. The van der Waals surface area contributed by atoms with Crippen molar-refractivity contribution in [3.05, 3.63) is 29.8 Å². The van der Waals surface area contributed by atoms with E-state index in [2.05, 4.69) is 18.2 Å². The molecule has 2 rings (SSSR count). The zero-order chi connectivity index (χ0) is 12.1. The van der Waals surface area contributed by atoms with E-state index in [1.54, 1.807) is 7.11 Å². The monoisotopic (exact) mass is 229 g/mol. The molecule has 1 aliphatic rings. The van der Waals surface area contributed by atoms with Crippen LogP contribution >= 0.6 is 0 Å². The molecule has 1 aliphatic carbocycles. The third-order valence-electron chi connectivity index (χ3n) is 3.71. The van der Waals surface area contributed by atoms with E-state index in [9.17, 15) is 0 Å². The lowest BCUT2D eigenvalue weighted by Gasteiger charge is -2.26. The topological polar surface area (TPSA) is 33.0 Å². The molecule has 0 radical (unpaired) electrons. The fourth-order valence-electron chi connectivity index (χ4n) is 2.72. The predicted molar refractivity (Wildman–Crippen MR) is 67.8 cm³/mol. The zero-order valence-electron chi connectivity index (χ0n) is 10.4. The first-order chi connectivity index (χ1) is 8.33. The third kappa shape index (κ3) is 3.00. The molecule has 1 aromatic carbocycles. The van der Waals surface area contributed by atoms with Crippen LogP contribution < -0.4 is 4.74 Å². The first-order valence-corrected chi connectivity index (χ1v) is 6.36. The van der Waals surface area contributed by atoms with Crippen molar-refractivity contribution in [2.75, 3.05) is 7.11 Å². The minimum absolute atomic E-state index is 0.245. The van der Waals surface area contributed by atoms with Gasteiger partial charge in [0.05, 0.1) is 13.2 Å². The van der Waals surface area contributed by atoms with Crippen molar-refractivity contribution < 1.29 is 4.74 Å². The second kappa shape index (κ2) is 5.72. The molecule has 17 heavy (non-hydrogen) atoms. The molecule has 0 bridgehead atoms. The van der Waals surface area contributed by atoms with E-state index in [0.717, 1.165) is 18.6 Å². The molecule has 1 aromatic rings. The van der Waals surface area contributed by atoms with Gasteiger partial charge in [0.15, 0.2) is 0 Å². The number of nitrogens with zero attached hydrogens (tertiary/aromatic N) is 1. The number of methoxy groups -OCH3 is 1. The Kier molecular flexibility index (Phi) is 4.03. The van der Waals surface area contributed by atoms with E-state index < -0.39 is 0 Å². The molecule has 0 N–H and O–H groups in total. The highest BCUT2D eigenvalue weighted by Crippen LogP contribution is 2.32. The summed E-state index contributed by atoms with van der Waals surface area (Å²) >= 11 is 0. The maximum absolute atomic E-state index is 9.17. The lowest BCUT2D eigenvalue weighted by molar-refractivity contribution is 0.288. The Morgan fingerprint density at radius 3 is 2.94 bits per heavy atom. The summed E-state index contributed by atoms with van der Waals surface area (Å²) in [6.07, 6.45) is 5.76. The molecule has 2 heteroatoms. The first-order valence-electron chi connectivity index (χ1n) is 6.36. The molecule has 0 heterocycles. The minimum atomic E-state index is 0.245. The summed E-state index contributed by atoms with van der Waals surface area (Å²) < 4.78 is 5.23. The van der Waals surface area contributed by atoms with Gasteiger partial charge in [-0.1, -0.05) is 25.0 Å². The average molecular weight is 229 g/mol. The van der Waals surface area contributed by atoms with Gasteiger partial charge in [0.2, 0.25) is 0 Å². The van der Waals surface area contributed by atoms with Crippen LogP contribution in [0.25, 0.3) is 0 Å². The number of hydrogen-bond acceptors (Lipinski definition) is 2. The van der Waals surface area contributed by atoms with Gasteiger partial charge in [-0.3, -0.25) is 0 Å². The van der Waals surface area contributed by atoms with E-state index in [1.165, 1.54) is 24.8 Å². The van der Waals surface area contributed by atoms with E-state index >= 15 is 0 Å². The highest BCUT2D eigenvalue weighted by molar-refractivity contribution is 5.28. The van der Waals surface area contributed by atoms with E-state index in [4.69, 9.17) is 10.00 Å². The summed E-state index contributed by atoms with van der Waals surface area (Å²) in [5, 5.41) is 9.17. The lowest BCUT2D eigenvalue weighted by Crippen LogP contribution is -2.20. The third-order valence-corrected chi connectivity index (χ3v) is 3.71. The summed E-state index contributed by atoms with van der Waals surface area (Å²) in [6.45, 7) is 0. The number of rotatable bonds is 3. The molecule has 1 fully saturated rings. The average Bonchev–Trinajstić information content (AvgIpc) is 2.39. The van der Waals surface area contributed by atoms with Gasteiger partial charge in [-0.05, 0) is 42.9 Å². The molecule has 2 unspecified atom stereocenters. The van der Waals surface area contributed by atoms with E-state index in [1.807, 2.05) is 12.1 Å². The molecule has 0 aromatic heterocycles. The standard InChI is InChI=1S/C15H19NO/c1-17-15-8-4-5-12(10-15)9-13-6-2-3-7-14(13)11-16/h4-5,8,10,13-14H,2-3,6-7,9H2,1H3. The highest BCUT2D eigenvalue weighted by atomic mass is 16.5. The van der Waals surface area contributed by atoms with Crippen LogP contribution in [0.5, 0.6) is 5.75 Å². The summed E-state index contributed by atoms with van der Waals surface area (Å²) in [5.74, 6) is 1.68. The van der Waals surface area contributed by atoms with Gasteiger partial charge in [-0.2, -0.15) is 5.26 Å². The van der Waals surface area contributed by atoms with Crippen LogP contribution in [0.4, 0.5) is 0 Å². The van der Waals surface area contributed by atoms with Crippen molar-refractivity contribution >= 4 is 0 Å². The van der Waals surface area contributed by atoms with Crippen LogP contribution in [-0.4, -0.2) is 7.11 Å². The summed E-state index contributed by atoms with van der Waals surface area (Å²) in [5.41, 5.74) is 1.29. The predicted octanol–water partition coefficient (Wildman–Crippen LogP) is 3.57. The van der Waals surface area contributed by atoms with Gasteiger partial charge in [-0.25, -0.2) is 0 Å². The SMILES string of the molecule is COc1cccc(CC2CCCCC2C#N)c1. The summed E-state index contributed by atoms with van der Waals surface area (Å²) in [6, 6.07) is 10.7. The van der Waals surface area contributed by atoms with Gasteiger partial charge in [-0.15, -0.1) is 0 Å². The number of ether oxygens (including phenoxy) is 1. The van der Waals surface area contributed by atoms with Gasteiger partial charge >= 0.3 is 0 Å². The maximum Gasteiger partial charge on any atom is 0.119 e. The summed E-state index contributed by atoms with van der Waals surface area (Å²) in [7, 11) is 1.69. The van der Waals surface area contributed by atoms with Crippen molar-refractivity contribution in [3.8, 4) is 11.8 Å². The molecule has 0 spiro atoms. The first kappa shape index (κ1) is 12.0. The van der Waals surface area contributed by atoms with Crippen LogP contribution in [0.2, 0.25) is 0 Å². The van der Waals surface area contributed by atoms with E-state index in [-0.39, 0.29) is 5.92 Å². The fourth-order valence-corrected chi connectivity index (χ4v) is 2.72. The Bertz CT molecular complexity index is 408. The van der Waals surface area contributed by atoms with Gasteiger partial charge in [0, 0.05) is 5.92 Å². The Labute approximate surface area is 103 Å². The largest absolute Gasteiger partial charge is 0.497 e. The molecule has 0 aliphatic heterocycles. The smallest absolute Gasteiger partial charge is 0.119 e. The maximum atomic E-state index is 9.17. The normalized spacial score (nSPS) is 24.0. The molecule has 1 saturated carbocycles. The zero-order valence-corrected chi connectivity index (χ0v) is 10.4. The van der Waals surface area contributed by atoms with Crippen LogP contribution in [-0.2, 0) is 6.42 Å². The second-order valence-electron chi connectivity index (χ2n) is 4.84. The number of hydrogen-bond donors (Lipinski definition) is 0. The lowest BCUT2D eigenvalue weighted by atomic mass is 9.77. The van der Waals surface area contributed by atoms with Gasteiger partial charge in [0.25, 0.3) is 0 Å². The summed E-state index contributed by atoms with van der Waals surface area (Å²) in [4.78, 5) is 0. The van der Waals surface area contributed by atoms with Crippen LogP contribution in [0, 0.1) is 23.2 Å². The van der Waals surface area contributed by atoms with Crippen LogP contribution in [0.1, 0.15) is 31.2 Å². The highest BCUT2D eigenvalue weighted by Gasteiger charge is 2.24. The molecular weight excluding hydrogens is 210 g/mol. The van der Waals surface area contributed by atoms with Crippen molar-refractivity contribution in [2.24, 2.45) is 11.8 Å². The van der Waals surface area contributed by atoms with Crippen molar-refractivity contribution in [1.29, 1.82) is 5.26 Å².